The molecule has 0 heterocycles. The minimum atomic E-state index is -4.45. The van der Waals surface area contributed by atoms with Crippen molar-refractivity contribution in [2.75, 3.05) is 47.5 Å². The first kappa shape index (κ1) is 61.9. The second-order valence-corrected chi connectivity index (χ2v) is 19.9. The number of hydrogen-bond donors (Lipinski definition) is 3. The number of quaternary nitrogens is 1. The Hall–Kier alpha value is -2.11. The van der Waals surface area contributed by atoms with Gasteiger partial charge in [-0.25, -0.2) is 4.57 Å². The number of esters is 2. The lowest BCUT2D eigenvalue weighted by atomic mass is 10.0. The number of carbonyl (C=O) groups is 2. The highest BCUT2D eigenvalue weighted by atomic mass is 31.2. The Kier molecular flexibility index (Phi) is 42.0. The summed E-state index contributed by atoms with van der Waals surface area (Å²) in [4.78, 5) is 35.6. The van der Waals surface area contributed by atoms with Crippen LogP contribution in [0.4, 0.5) is 0 Å². The van der Waals surface area contributed by atoms with E-state index in [1.54, 1.807) is 0 Å². The van der Waals surface area contributed by atoms with Gasteiger partial charge in [0.25, 0.3) is 0 Å². The van der Waals surface area contributed by atoms with Crippen LogP contribution < -0.4 is 0 Å². The van der Waals surface area contributed by atoms with Crippen LogP contribution in [0.15, 0.2) is 48.6 Å². The second kappa shape index (κ2) is 43.5. The van der Waals surface area contributed by atoms with Gasteiger partial charge in [0.1, 0.15) is 19.8 Å². The lowest BCUT2D eigenvalue weighted by Crippen LogP contribution is -2.37. The van der Waals surface area contributed by atoms with Crippen LogP contribution in [-0.4, -0.2) is 97.3 Å². The van der Waals surface area contributed by atoms with Gasteiger partial charge in [-0.15, -0.1) is 0 Å². The average Bonchev–Trinajstić information content (AvgIpc) is 3.24. The highest BCUT2D eigenvalue weighted by Crippen LogP contribution is 2.43. The Labute approximate surface area is 391 Å². The number of ether oxygens (including phenoxy) is 2. The molecule has 0 aromatic carbocycles. The summed E-state index contributed by atoms with van der Waals surface area (Å²) < 4.78 is 34.2. The Morgan fingerprint density at radius 1 is 0.547 bits per heavy atom. The van der Waals surface area contributed by atoms with Crippen molar-refractivity contribution >= 4 is 19.8 Å². The number of hydrogen-bond acceptors (Lipinski definition) is 9. The normalized spacial score (nSPS) is 14.8. The maximum atomic E-state index is 12.8. The first-order valence-corrected chi connectivity index (χ1v) is 27.0. The van der Waals surface area contributed by atoms with E-state index < -0.39 is 44.7 Å². The molecule has 4 atom stereocenters. The maximum absolute atomic E-state index is 12.8. The van der Waals surface area contributed by atoms with E-state index in [2.05, 4.69) is 50.3 Å². The molecule has 0 spiro atoms. The smallest absolute Gasteiger partial charge is 0.462 e. The molecule has 0 aromatic heterocycles. The zero-order valence-electron chi connectivity index (χ0n) is 41.5. The van der Waals surface area contributed by atoms with Crippen LogP contribution in [0.25, 0.3) is 0 Å². The summed E-state index contributed by atoms with van der Waals surface area (Å²) in [5, 5.41) is 20.8. The van der Waals surface area contributed by atoms with Crippen molar-refractivity contribution in [1.82, 2.24) is 0 Å². The number of aliphatic hydroxyl groups excluding tert-OH is 2. The molecule has 0 aliphatic heterocycles. The number of nitrogens with zero attached hydrogens (tertiary/aromatic N) is 1. The van der Waals surface area contributed by atoms with Gasteiger partial charge in [-0.05, 0) is 51.4 Å². The fourth-order valence-electron chi connectivity index (χ4n) is 6.99. The molecule has 0 aliphatic rings. The zero-order valence-corrected chi connectivity index (χ0v) is 42.4. The van der Waals surface area contributed by atoms with E-state index in [9.17, 15) is 29.3 Å². The zero-order chi connectivity index (χ0) is 47.4. The largest absolute Gasteiger partial charge is 0.472 e. The minimum absolute atomic E-state index is 0.0137. The van der Waals surface area contributed by atoms with Crippen LogP contribution in [0.2, 0.25) is 0 Å². The van der Waals surface area contributed by atoms with E-state index in [0.29, 0.717) is 23.9 Å². The summed E-state index contributed by atoms with van der Waals surface area (Å²) in [5.41, 5.74) is 0. The molecule has 0 aliphatic carbocycles. The number of aliphatic hydroxyl groups is 2. The third kappa shape index (κ3) is 45.1. The second-order valence-electron chi connectivity index (χ2n) is 18.5. The molecule has 64 heavy (non-hydrogen) atoms. The summed E-state index contributed by atoms with van der Waals surface area (Å²) in [6.07, 6.45) is 44.8. The van der Waals surface area contributed by atoms with Gasteiger partial charge in [-0.3, -0.25) is 18.6 Å². The Morgan fingerprint density at radius 2 is 0.984 bits per heavy atom. The Bertz CT molecular complexity index is 1260. The topological polar surface area (TPSA) is 149 Å². The first-order valence-electron chi connectivity index (χ1n) is 25.5. The number of likely N-dealkylation sites (N-methyl/N-ethyl adjacent to an activating group) is 1. The molecule has 0 aromatic rings. The highest BCUT2D eigenvalue weighted by molar-refractivity contribution is 7.47. The number of phosphoric acid groups is 1. The minimum Gasteiger partial charge on any atom is -0.462 e. The van der Waals surface area contributed by atoms with E-state index in [-0.39, 0.29) is 38.9 Å². The number of unbranched alkanes of at least 4 members (excludes halogenated alkanes) is 20. The molecule has 0 saturated carbocycles. The third-order valence-electron chi connectivity index (χ3n) is 11.1. The molecule has 0 rings (SSSR count). The molecule has 0 fully saturated rings. The van der Waals surface area contributed by atoms with Gasteiger partial charge in [-0.1, -0.05) is 191 Å². The molecule has 12 heteroatoms. The van der Waals surface area contributed by atoms with Crippen molar-refractivity contribution in [2.45, 2.75) is 225 Å². The predicted molar refractivity (Wildman–Crippen MR) is 264 cm³/mol. The Morgan fingerprint density at radius 3 is 1.45 bits per heavy atom. The van der Waals surface area contributed by atoms with Gasteiger partial charge in [-0.2, -0.15) is 0 Å². The van der Waals surface area contributed by atoms with Crippen molar-refractivity contribution in [1.29, 1.82) is 0 Å². The van der Waals surface area contributed by atoms with E-state index in [1.165, 1.54) is 109 Å². The monoisotopic (exact) mass is 927 g/mol. The molecule has 0 bridgehead atoms. The van der Waals surface area contributed by atoms with Crippen molar-refractivity contribution in [3.8, 4) is 0 Å². The molecule has 1 unspecified atom stereocenters. The third-order valence-corrected chi connectivity index (χ3v) is 12.1. The highest BCUT2D eigenvalue weighted by Gasteiger charge is 2.27. The first-order chi connectivity index (χ1) is 30.8. The van der Waals surface area contributed by atoms with E-state index in [0.717, 1.165) is 44.9 Å². The quantitative estimate of drug-likeness (QED) is 0.0177. The van der Waals surface area contributed by atoms with Gasteiger partial charge in [0.2, 0.25) is 0 Å². The fraction of sp³-hybridized carbons (Fsp3) is 0.808. The summed E-state index contributed by atoms with van der Waals surface area (Å²) in [7, 11) is 1.33. The number of carbonyl (C=O) groups excluding carboxylic acids is 2. The van der Waals surface area contributed by atoms with Crippen LogP contribution in [0, 0.1) is 0 Å². The lowest BCUT2D eigenvalue weighted by molar-refractivity contribution is -0.870. The van der Waals surface area contributed by atoms with Crippen molar-refractivity contribution in [2.24, 2.45) is 0 Å². The fourth-order valence-corrected chi connectivity index (χ4v) is 7.73. The van der Waals surface area contributed by atoms with Crippen LogP contribution in [-0.2, 0) is 32.7 Å². The SMILES string of the molecule is CC/C=C\C/C=C\C/C=C\C/C=C\C[C@H](O)[C@@H](O)CCCC(=O)OC[C@H](COP(=O)(O)OCC[N+](C)(C)C)OC(=O)CCCCCCCCCCCCCCCCCCCCCCC. The standard InChI is InChI=1S/C52H96NO10P/c1-6-8-10-12-14-16-18-20-21-22-23-24-25-26-27-28-30-32-34-36-38-42-52(57)63-48(47-62-64(58,59)61-45-44-53(3,4)5)46-60-51(56)43-39-41-50(55)49(54)40-37-35-33-31-29-19-17-15-13-11-9-7-2/h9,11,15,17,29,31,35,37,48-50,54-55H,6-8,10,12-14,16,18-28,30,32-34,36,38-47H2,1-5H3/p+1/b11-9-,17-15-,31-29-,37-35-/t48-,49+,50+/m1/s1. The summed E-state index contributed by atoms with van der Waals surface area (Å²) in [6.45, 7) is 4.00. The molecule has 11 nitrogen and oxygen atoms in total. The van der Waals surface area contributed by atoms with Crippen LogP contribution in [0.1, 0.15) is 206 Å². The van der Waals surface area contributed by atoms with Crippen LogP contribution in [0.3, 0.4) is 0 Å². The molecule has 374 valence electrons. The van der Waals surface area contributed by atoms with E-state index in [4.69, 9.17) is 18.5 Å². The average molecular weight is 927 g/mol. The lowest BCUT2D eigenvalue weighted by Gasteiger charge is -2.24. The van der Waals surface area contributed by atoms with Gasteiger partial charge in [0.15, 0.2) is 6.10 Å². The van der Waals surface area contributed by atoms with E-state index in [1.807, 2.05) is 33.3 Å². The Balaban J connectivity index is 4.44. The molecule has 0 radical (unpaired) electrons. The van der Waals surface area contributed by atoms with Gasteiger partial charge in [0.05, 0.1) is 40.0 Å². The van der Waals surface area contributed by atoms with E-state index >= 15 is 0 Å². The van der Waals surface area contributed by atoms with Crippen LogP contribution >= 0.6 is 7.82 Å². The maximum Gasteiger partial charge on any atom is 0.472 e. The van der Waals surface area contributed by atoms with Crippen molar-refractivity contribution in [3.63, 3.8) is 0 Å². The van der Waals surface area contributed by atoms with Gasteiger partial charge in [0, 0.05) is 12.8 Å². The van der Waals surface area contributed by atoms with Crippen LogP contribution in [0.5, 0.6) is 0 Å². The number of allylic oxidation sites excluding steroid dienone is 7. The summed E-state index contributed by atoms with van der Waals surface area (Å²) >= 11 is 0. The van der Waals surface area contributed by atoms with Gasteiger partial charge < -0.3 is 29.1 Å². The molecule has 0 amide bonds. The predicted octanol–water partition coefficient (Wildman–Crippen LogP) is 13.0. The molecular weight excluding hydrogens is 830 g/mol. The van der Waals surface area contributed by atoms with Gasteiger partial charge >= 0.3 is 19.8 Å². The summed E-state index contributed by atoms with van der Waals surface area (Å²) in [5.74, 6) is -1.08. The number of phosphoric ester groups is 1. The molecule has 0 saturated heterocycles. The molecule has 3 N–H and O–H groups in total. The number of rotatable bonds is 46. The van der Waals surface area contributed by atoms with Crippen molar-refractivity contribution < 1.29 is 52.3 Å². The molecular formula is C52H97NO10P+. The summed E-state index contributed by atoms with van der Waals surface area (Å²) in [6, 6.07) is 0. The van der Waals surface area contributed by atoms with Crippen molar-refractivity contribution in [3.05, 3.63) is 48.6 Å².